The first-order valence-electron chi connectivity index (χ1n) is 8.14. The third-order valence-electron chi connectivity index (χ3n) is 4.73. The van der Waals surface area contributed by atoms with E-state index in [2.05, 4.69) is 5.32 Å². The number of piperidine rings is 1. The first-order valence-corrected chi connectivity index (χ1v) is 8.14. The summed E-state index contributed by atoms with van der Waals surface area (Å²) < 4.78 is 36.7. The lowest BCUT2D eigenvalue weighted by Gasteiger charge is -2.36. The van der Waals surface area contributed by atoms with E-state index in [1.54, 1.807) is 0 Å². The zero-order valence-corrected chi connectivity index (χ0v) is 13.1. The van der Waals surface area contributed by atoms with Gasteiger partial charge in [-0.15, -0.1) is 0 Å². The van der Waals surface area contributed by atoms with E-state index in [1.807, 2.05) is 0 Å². The molecule has 1 aliphatic heterocycles. The van der Waals surface area contributed by atoms with Crippen LogP contribution in [0.1, 0.15) is 51.4 Å². The van der Waals surface area contributed by atoms with Gasteiger partial charge in [-0.05, 0) is 25.7 Å². The Morgan fingerprint density at radius 2 is 1.70 bits per heavy atom. The summed E-state index contributed by atoms with van der Waals surface area (Å²) >= 11 is 0. The van der Waals surface area contributed by atoms with Gasteiger partial charge >= 0.3 is 6.18 Å². The van der Waals surface area contributed by atoms with Crippen LogP contribution in [0.3, 0.4) is 0 Å². The van der Waals surface area contributed by atoms with Crippen LogP contribution in [0.15, 0.2) is 0 Å². The van der Waals surface area contributed by atoms with Crippen molar-refractivity contribution in [2.75, 3.05) is 13.1 Å². The van der Waals surface area contributed by atoms with Gasteiger partial charge in [-0.25, -0.2) is 0 Å². The molecular weight excluding hydrogens is 311 g/mol. The number of rotatable bonds is 3. The lowest BCUT2D eigenvalue weighted by molar-refractivity contribution is -0.162. The van der Waals surface area contributed by atoms with Crippen LogP contribution in [0, 0.1) is 0 Å². The van der Waals surface area contributed by atoms with E-state index in [-0.39, 0.29) is 25.0 Å². The minimum atomic E-state index is -4.48. The molecule has 0 unspecified atom stereocenters. The van der Waals surface area contributed by atoms with Gasteiger partial charge < -0.3 is 16.0 Å². The molecule has 0 aromatic carbocycles. The van der Waals surface area contributed by atoms with Crippen LogP contribution < -0.4 is 11.1 Å². The molecule has 132 valence electrons. The summed E-state index contributed by atoms with van der Waals surface area (Å²) in [5, 5.41) is 2.91. The van der Waals surface area contributed by atoms with Crippen molar-refractivity contribution in [1.82, 2.24) is 10.2 Å². The van der Waals surface area contributed by atoms with Gasteiger partial charge in [0.25, 0.3) is 0 Å². The average Bonchev–Trinajstić information content (AvgIpc) is 2.47. The molecule has 1 heterocycles. The highest BCUT2D eigenvalue weighted by Gasteiger charge is 2.38. The molecule has 0 bridgehead atoms. The fraction of sp³-hybridized carbons (Fsp3) is 0.867. The molecule has 5 nitrogen and oxygen atoms in total. The number of nitrogens with two attached hydrogens (primary N) is 1. The van der Waals surface area contributed by atoms with Crippen molar-refractivity contribution in [3.8, 4) is 0 Å². The van der Waals surface area contributed by atoms with Gasteiger partial charge in [0.1, 0.15) is 6.42 Å². The Labute approximate surface area is 133 Å². The summed E-state index contributed by atoms with van der Waals surface area (Å²) in [7, 11) is 0. The molecule has 0 atom stereocenters. The molecule has 2 aliphatic rings. The van der Waals surface area contributed by atoms with Gasteiger partial charge in [-0.1, -0.05) is 19.3 Å². The molecule has 3 N–H and O–H groups in total. The normalized spacial score (nSPS) is 22.7. The molecule has 1 aliphatic carbocycles. The molecule has 2 rings (SSSR count). The number of nitrogens with zero attached hydrogens (tertiary/aromatic N) is 1. The molecule has 0 spiro atoms. The van der Waals surface area contributed by atoms with Gasteiger partial charge in [-0.2, -0.15) is 13.2 Å². The van der Waals surface area contributed by atoms with Crippen molar-refractivity contribution in [2.45, 2.75) is 69.1 Å². The molecule has 1 saturated heterocycles. The van der Waals surface area contributed by atoms with E-state index in [0.29, 0.717) is 25.7 Å². The third kappa shape index (κ3) is 5.09. The van der Waals surface area contributed by atoms with E-state index >= 15 is 0 Å². The largest absolute Gasteiger partial charge is 0.397 e. The maximum atomic E-state index is 12.3. The predicted octanol–water partition coefficient (Wildman–Crippen LogP) is 1.71. The number of likely N-dealkylation sites (tertiary alicyclic amines) is 1. The van der Waals surface area contributed by atoms with Crippen LogP contribution in [0.25, 0.3) is 0 Å². The van der Waals surface area contributed by atoms with Gasteiger partial charge in [-0.3, -0.25) is 9.59 Å². The summed E-state index contributed by atoms with van der Waals surface area (Å²) in [6.45, 7) is 0.467. The summed E-state index contributed by atoms with van der Waals surface area (Å²) in [5.41, 5.74) is 5.35. The Morgan fingerprint density at radius 1 is 1.13 bits per heavy atom. The number of alkyl halides is 3. The highest BCUT2D eigenvalue weighted by molar-refractivity contribution is 5.86. The Hall–Kier alpha value is -1.31. The second-order valence-electron chi connectivity index (χ2n) is 6.64. The standard InChI is InChI=1S/C15H24F3N3O2/c16-15(17,18)10-12(22)21-8-4-11(5-9-21)20-13(23)14(19)6-2-1-3-7-14/h11H,1-10,19H2,(H,20,23). The number of hydrogen-bond donors (Lipinski definition) is 2. The highest BCUT2D eigenvalue weighted by Crippen LogP contribution is 2.27. The highest BCUT2D eigenvalue weighted by atomic mass is 19.4. The van der Waals surface area contributed by atoms with Crippen LogP contribution in [-0.4, -0.2) is 47.6 Å². The second kappa shape index (κ2) is 7.07. The molecule has 0 aromatic rings. The number of carbonyl (C=O) groups is 2. The lowest BCUT2D eigenvalue weighted by atomic mass is 9.81. The monoisotopic (exact) mass is 335 g/mol. The minimum absolute atomic E-state index is 0.125. The Balaban J connectivity index is 1.78. The van der Waals surface area contributed by atoms with Crippen LogP contribution in [0.5, 0.6) is 0 Å². The van der Waals surface area contributed by atoms with E-state index < -0.39 is 24.0 Å². The van der Waals surface area contributed by atoms with E-state index in [4.69, 9.17) is 5.73 Å². The summed E-state index contributed by atoms with van der Waals surface area (Å²) in [6, 6.07) is -0.125. The van der Waals surface area contributed by atoms with E-state index in [0.717, 1.165) is 19.3 Å². The predicted molar refractivity (Wildman–Crippen MR) is 78.4 cm³/mol. The molecule has 2 amide bonds. The van der Waals surface area contributed by atoms with Crippen molar-refractivity contribution in [3.05, 3.63) is 0 Å². The summed E-state index contributed by atoms with van der Waals surface area (Å²) in [6.07, 6.45) is -0.667. The first-order chi connectivity index (χ1) is 10.7. The van der Waals surface area contributed by atoms with Gasteiger partial charge in [0.15, 0.2) is 0 Å². The zero-order chi connectivity index (χ0) is 17.1. The van der Waals surface area contributed by atoms with Crippen molar-refractivity contribution in [2.24, 2.45) is 5.73 Å². The Kier molecular flexibility index (Phi) is 5.54. The summed E-state index contributed by atoms with van der Waals surface area (Å²) in [5.74, 6) is -1.07. The lowest BCUT2D eigenvalue weighted by Crippen LogP contribution is -2.58. The molecule has 0 aromatic heterocycles. The number of carbonyl (C=O) groups excluding carboxylic acids is 2. The number of halogens is 3. The molecule has 2 fully saturated rings. The number of nitrogens with one attached hydrogen (secondary N) is 1. The Morgan fingerprint density at radius 3 is 2.22 bits per heavy atom. The van der Waals surface area contributed by atoms with Crippen molar-refractivity contribution in [1.29, 1.82) is 0 Å². The fourth-order valence-corrected chi connectivity index (χ4v) is 3.30. The van der Waals surface area contributed by atoms with Crippen molar-refractivity contribution >= 4 is 11.8 Å². The quantitative estimate of drug-likeness (QED) is 0.824. The average molecular weight is 335 g/mol. The fourth-order valence-electron chi connectivity index (χ4n) is 3.30. The molecular formula is C15H24F3N3O2. The maximum Gasteiger partial charge on any atom is 0.397 e. The number of amides is 2. The van der Waals surface area contributed by atoms with E-state index in [9.17, 15) is 22.8 Å². The van der Waals surface area contributed by atoms with Gasteiger partial charge in [0.05, 0.1) is 5.54 Å². The minimum Gasteiger partial charge on any atom is -0.352 e. The van der Waals surface area contributed by atoms with Crippen LogP contribution in [-0.2, 0) is 9.59 Å². The summed E-state index contributed by atoms with van der Waals surface area (Å²) in [4.78, 5) is 25.1. The SMILES string of the molecule is NC1(C(=O)NC2CCN(C(=O)CC(F)(F)F)CC2)CCCCC1. The van der Waals surface area contributed by atoms with Crippen molar-refractivity contribution in [3.63, 3.8) is 0 Å². The van der Waals surface area contributed by atoms with Gasteiger partial charge in [0.2, 0.25) is 11.8 Å². The molecule has 8 heteroatoms. The van der Waals surface area contributed by atoms with Gasteiger partial charge in [0, 0.05) is 19.1 Å². The zero-order valence-electron chi connectivity index (χ0n) is 13.1. The Bertz CT molecular complexity index is 440. The third-order valence-corrected chi connectivity index (χ3v) is 4.73. The van der Waals surface area contributed by atoms with Crippen molar-refractivity contribution < 1.29 is 22.8 Å². The topological polar surface area (TPSA) is 75.4 Å². The van der Waals surface area contributed by atoms with Crippen LogP contribution >= 0.6 is 0 Å². The molecule has 1 saturated carbocycles. The molecule has 0 radical (unpaired) electrons. The van der Waals surface area contributed by atoms with Crippen LogP contribution in [0.4, 0.5) is 13.2 Å². The smallest absolute Gasteiger partial charge is 0.352 e. The first kappa shape index (κ1) is 18.0. The van der Waals surface area contributed by atoms with E-state index in [1.165, 1.54) is 4.90 Å². The van der Waals surface area contributed by atoms with Crippen LogP contribution in [0.2, 0.25) is 0 Å². The second-order valence-corrected chi connectivity index (χ2v) is 6.64. The number of hydrogen-bond acceptors (Lipinski definition) is 3. The maximum absolute atomic E-state index is 12.3. The molecule has 23 heavy (non-hydrogen) atoms.